The summed E-state index contributed by atoms with van der Waals surface area (Å²) in [7, 11) is 0. The van der Waals surface area contributed by atoms with Gasteiger partial charge >= 0.3 is 12.0 Å². The monoisotopic (exact) mass is 254 g/mol. The molecule has 0 atom stereocenters. The molecule has 0 aliphatic heterocycles. The van der Waals surface area contributed by atoms with Crippen LogP contribution in [0.1, 0.15) is 31.4 Å². The van der Waals surface area contributed by atoms with Crippen molar-refractivity contribution in [2.24, 2.45) is 0 Å². The van der Waals surface area contributed by atoms with E-state index in [0.29, 0.717) is 19.5 Å². The van der Waals surface area contributed by atoms with Gasteiger partial charge in [0, 0.05) is 19.2 Å². The van der Waals surface area contributed by atoms with Gasteiger partial charge in [-0.05, 0) is 12.8 Å². The Balaban J connectivity index is 1.95. The SMILES string of the molecule is O=C(O)CCCCCNC(=O)NCc1cnc[nH]1. The summed E-state index contributed by atoms with van der Waals surface area (Å²) in [6, 6.07) is -0.233. The van der Waals surface area contributed by atoms with E-state index >= 15 is 0 Å². The quantitative estimate of drug-likeness (QED) is 0.516. The van der Waals surface area contributed by atoms with Crippen molar-refractivity contribution in [2.45, 2.75) is 32.2 Å². The third-order valence-corrected chi connectivity index (χ3v) is 2.35. The molecule has 1 aromatic heterocycles. The van der Waals surface area contributed by atoms with E-state index in [9.17, 15) is 9.59 Å². The van der Waals surface area contributed by atoms with Gasteiger partial charge < -0.3 is 20.7 Å². The summed E-state index contributed by atoms with van der Waals surface area (Å²) in [5.74, 6) is -0.778. The minimum absolute atomic E-state index is 0.187. The fourth-order valence-electron chi connectivity index (χ4n) is 1.40. The molecule has 1 aromatic rings. The number of carboxylic acid groups (broad SMARTS) is 1. The molecule has 0 fully saturated rings. The standard InChI is InChI=1S/C11H18N4O3/c16-10(17)4-2-1-3-5-13-11(18)14-7-9-6-12-8-15-9/h6,8H,1-5,7H2,(H,12,15)(H,16,17)(H2,13,14,18). The van der Waals surface area contributed by atoms with E-state index in [2.05, 4.69) is 20.6 Å². The van der Waals surface area contributed by atoms with Gasteiger partial charge in [-0.2, -0.15) is 0 Å². The lowest BCUT2D eigenvalue weighted by molar-refractivity contribution is -0.137. The normalized spacial score (nSPS) is 10.0. The maximum absolute atomic E-state index is 11.3. The van der Waals surface area contributed by atoms with Gasteiger partial charge in [-0.15, -0.1) is 0 Å². The Morgan fingerprint density at radius 2 is 2.11 bits per heavy atom. The first-order valence-electron chi connectivity index (χ1n) is 5.89. The zero-order valence-corrected chi connectivity index (χ0v) is 10.1. The van der Waals surface area contributed by atoms with Gasteiger partial charge in [0.1, 0.15) is 0 Å². The molecule has 4 N–H and O–H groups in total. The van der Waals surface area contributed by atoms with E-state index in [1.165, 1.54) is 0 Å². The van der Waals surface area contributed by atoms with Crippen molar-refractivity contribution in [3.63, 3.8) is 0 Å². The molecule has 0 aliphatic carbocycles. The number of aromatic nitrogens is 2. The van der Waals surface area contributed by atoms with Crippen LogP contribution in [-0.4, -0.2) is 33.6 Å². The van der Waals surface area contributed by atoms with Gasteiger partial charge in [-0.25, -0.2) is 9.78 Å². The predicted octanol–water partition coefficient (Wildman–Crippen LogP) is 0.854. The summed E-state index contributed by atoms with van der Waals surface area (Å²) in [6.07, 6.45) is 5.61. The highest BCUT2D eigenvalue weighted by atomic mass is 16.4. The van der Waals surface area contributed by atoms with Gasteiger partial charge in [-0.1, -0.05) is 6.42 Å². The van der Waals surface area contributed by atoms with Gasteiger partial charge in [0.05, 0.1) is 18.6 Å². The number of aliphatic carboxylic acids is 1. The number of rotatable bonds is 8. The van der Waals surface area contributed by atoms with Gasteiger partial charge in [0.15, 0.2) is 0 Å². The second-order valence-corrected chi connectivity index (χ2v) is 3.89. The van der Waals surface area contributed by atoms with Crippen LogP contribution in [0.5, 0.6) is 0 Å². The molecule has 0 aromatic carbocycles. The van der Waals surface area contributed by atoms with Crippen molar-refractivity contribution in [2.75, 3.05) is 6.54 Å². The molecule has 0 bridgehead atoms. The number of carbonyl (C=O) groups is 2. The predicted molar refractivity (Wildman–Crippen MR) is 64.9 cm³/mol. The van der Waals surface area contributed by atoms with Gasteiger partial charge in [0.25, 0.3) is 0 Å². The fraction of sp³-hybridized carbons (Fsp3) is 0.545. The highest BCUT2D eigenvalue weighted by molar-refractivity contribution is 5.73. The van der Waals surface area contributed by atoms with Crippen LogP contribution >= 0.6 is 0 Å². The van der Waals surface area contributed by atoms with Gasteiger partial charge in [0.2, 0.25) is 0 Å². The second-order valence-electron chi connectivity index (χ2n) is 3.89. The van der Waals surface area contributed by atoms with Crippen LogP contribution in [0.15, 0.2) is 12.5 Å². The second kappa shape index (κ2) is 8.10. The first-order valence-corrected chi connectivity index (χ1v) is 5.89. The fourth-order valence-corrected chi connectivity index (χ4v) is 1.40. The molecule has 1 rings (SSSR count). The minimum Gasteiger partial charge on any atom is -0.481 e. The molecule has 0 unspecified atom stereocenters. The Morgan fingerprint density at radius 1 is 1.28 bits per heavy atom. The van der Waals surface area contributed by atoms with Crippen LogP contribution in [0.25, 0.3) is 0 Å². The topological polar surface area (TPSA) is 107 Å². The number of urea groups is 1. The summed E-state index contributed by atoms with van der Waals surface area (Å²) in [6.45, 7) is 0.958. The molecule has 0 radical (unpaired) electrons. The van der Waals surface area contributed by atoms with Crippen molar-refractivity contribution in [1.82, 2.24) is 20.6 Å². The van der Waals surface area contributed by atoms with E-state index in [0.717, 1.165) is 18.5 Å². The molecule has 7 heteroatoms. The number of unbranched alkanes of at least 4 members (excludes halogenated alkanes) is 2. The number of amides is 2. The zero-order valence-electron chi connectivity index (χ0n) is 10.1. The van der Waals surface area contributed by atoms with Gasteiger partial charge in [-0.3, -0.25) is 4.79 Å². The van der Waals surface area contributed by atoms with E-state index in [-0.39, 0.29) is 12.5 Å². The van der Waals surface area contributed by atoms with Crippen molar-refractivity contribution in [1.29, 1.82) is 0 Å². The van der Waals surface area contributed by atoms with Crippen LogP contribution in [0, 0.1) is 0 Å². The number of aromatic amines is 1. The summed E-state index contributed by atoms with van der Waals surface area (Å²) in [4.78, 5) is 28.3. The smallest absolute Gasteiger partial charge is 0.315 e. The third kappa shape index (κ3) is 6.51. The Morgan fingerprint density at radius 3 is 2.78 bits per heavy atom. The molecular formula is C11H18N4O3. The van der Waals surface area contributed by atoms with E-state index < -0.39 is 5.97 Å². The Kier molecular flexibility index (Phi) is 6.31. The van der Waals surface area contributed by atoms with Crippen LogP contribution in [-0.2, 0) is 11.3 Å². The number of H-pyrrole nitrogens is 1. The summed E-state index contributed by atoms with van der Waals surface area (Å²) >= 11 is 0. The van der Waals surface area contributed by atoms with E-state index in [4.69, 9.17) is 5.11 Å². The molecule has 18 heavy (non-hydrogen) atoms. The molecule has 0 aliphatic rings. The lowest BCUT2D eigenvalue weighted by atomic mass is 10.2. The Hall–Kier alpha value is -2.05. The van der Waals surface area contributed by atoms with Crippen LogP contribution in [0.3, 0.4) is 0 Å². The molecule has 1 heterocycles. The number of hydrogen-bond donors (Lipinski definition) is 4. The van der Waals surface area contributed by atoms with Crippen molar-refractivity contribution in [3.05, 3.63) is 18.2 Å². The Bertz CT molecular complexity index is 364. The van der Waals surface area contributed by atoms with Crippen LogP contribution < -0.4 is 10.6 Å². The number of carbonyl (C=O) groups excluding carboxylic acids is 1. The molecule has 0 spiro atoms. The first kappa shape index (κ1) is 14.0. The largest absolute Gasteiger partial charge is 0.481 e. The number of imidazole rings is 1. The highest BCUT2D eigenvalue weighted by Crippen LogP contribution is 1.98. The van der Waals surface area contributed by atoms with E-state index in [1.54, 1.807) is 12.5 Å². The van der Waals surface area contributed by atoms with Crippen molar-refractivity contribution >= 4 is 12.0 Å². The van der Waals surface area contributed by atoms with Crippen molar-refractivity contribution < 1.29 is 14.7 Å². The molecule has 2 amide bonds. The number of carboxylic acids is 1. The van der Waals surface area contributed by atoms with Crippen LogP contribution in [0.4, 0.5) is 4.79 Å². The first-order chi connectivity index (χ1) is 8.68. The number of nitrogens with one attached hydrogen (secondary N) is 3. The maximum atomic E-state index is 11.3. The van der Waals surface area contributed by atoms with Crippen LogP contribution in [0.2, 0.25) is 0 Å². The summed E-state index contributed by atoms with van der Waals surface area (Å²) in [5.41, 5.74) is 0.839. The third-order valence-electron chi connectivity index (χ3n) is 2.35. The lowest BCUT2D eigenvalue weighted by Gasteiger charge is -2.06. The minimum atomic E-state index is -0.778. The summed E-state index contributed by atoms with van der Waals surface area (Å²) < 4.78 is 0. The van der Waals surface area contributed by atoms with E-state index in [1.807, 2.05) is 0 Å². The average Bonchev–Trinajstić information content (AvgIpc) is 2.83. The maximum Gasteiger partial charge on any atom is 0.315 e. The Labute approximate surface area is 105 Å². The molecule has 0 saturated heterocycles. The molecule has 7 nitrogen and oxygen atoms in total. The molecule has 100 valence electrons. The molecular weight excluding hydrogens is 236 g/mol. The lowest BCUT2D eigenvalue weighted by Crippen LogP contribution is -2.35. The summed E-state index contributed by atoms with van der Waals surface area (Å²) in [5, 5.41) is 13.8. The van der Waals surface area contributed by atoms with Crippen molar-refractivity contribution in [3.8, 4) is 0 Å². The highest BCUT2D eigenvalue weighted by Gasteiger charge is 2.01. The average molecular weight is 254 g/mol. The molecule has 0 saturated carbocycles. The number of nitrogens with zero attached hydrogens (tertiary/aromatic N) is 1. The zero-order chi connectivity index (χ0) is 13.2. The number of hydrogen-bond acceptors (Lipinski definition) is 3.